The summed E-state index contributed by atoms with van der Waals surface area (Å²) in [6.45, 7) is 19.8. The largest absolute Gasteiger partial charge is 0.495 e. The molecule has 0 unspecified atom stereocenters. The summed E-state index contributed by atoms with van der Waals surface area (Å²) in [5.74, 6) is 10.2. The SMILES string of the molecule is CCc1cc(N)c(OC)cc1N1CCC(N2CCN(C)CC2)CC1.CCc1cc(Nc2ncc(Br)c(Nc3cccc(OC)c3N(C)S(C)(=O)=O)n2)c(OC)cc1N1CCC(N2CCN(C)CC2)CC1.COc1cccc(Nc2nc(Cl)ncc2Br)c1N(C)S(C)(=O)=O.[C-]#CC#CC. The fourth-order valence-corrected chi connectivity index (χ4v) is 13.9. The number of methoxy groups -OCH3 is 4. The van der Waals surface area contributed by atoms with E-state index in [9.17, 15) is 16.8 Å². The van der Waals surface area contributed by atoms with Gasteiger partial charge in [-0.2, -0.15) is 9.97 Å². The minimum Gasteiger partial charge on any atom is -0.495 e. The van der Waals surface area contributed by atoms with Crippen molar-refractivity contribution < 1.29 is 35.8 Å². The molecule has 5 N–H and O–H groups in total. The van der Waals surface area contributed by atoms with E-state index in [2.05, 4.69) is 156 Å². The number of nitrogen functional groups attached to an aromatic ring is 1. The van der Waals surface area contributed by atoms with Gasteiger partial charge >= 0.3 is 0 Å². The van der Waals surface area contributed by atoms with Crippen molar-refractivity contribution >= 4 is 127 Å². The number of nitrogens with two attached hydrogens (primary N) is 1. The first kappa shape index (κ1) is 78.1. The summed E-state index contributed by atoms with van der Waals surface area (Å²) in [6, 6.07) is 20.2. The molecule has 0 saturated carbocycles. The first-order chi connectivity index (χ1) is 46.8. The maximum Gasteiger partial charge on any atom is 0.232 e. The maximum absolute atomic E-state index is 12.4. The average Bonchev–Trinajstić information content (AvgIpc) is 0.894. The van der Waals surface area contributed by atoms with Crippen LogP contribution in [0.2, 0.25) is 5.28 Å². The molecule has 0 spiro atoms. The Morgan fingerprint density at radius 1 is 0.602 bits per heavy atom. The second-order valence-corrected chi connectivity index (χ2v) is 30.1. The Morgan fingerprint density at radius 2 is 1.02 bits per heavy atom. The summed E-state index contributed by atoms with van der Waals surface area (Å²) < 4.78 is 74.3. The summed E-state index contributed by atoms with van der Waals surface area (Å²) in [5, 5.41) is 9.72. The van der Waals surface area contributed by atoms with Crippen LogP contribution in [0.4, 0.5) is 63.1 Å². The number of sulfonamides is 2. The molecule has 0 aliphatic carbocycles. The third kappa shape index (κ3) is 20.9. The molecule has 4 saturated heterocycles. The molecule has 4 aliphatic rings. The molecule has 4 aliphatic heterocycles. The number of likely N-dealkylation sites (N-methyl/N-ethyl adjacent to an activating group) is 2. The summed E-state index contributed by atoms with van der Waals surface area (Å²) in [7, 11) is 6.65. The molecule has 0 amide bonds. The van der Waals surface area contributed by atoms with Gasteiger partial charge in [0.25, 0.3) is 0 Å². The normalized spacial score (nSPS) is 15.8. The molecule has 6 heterocycles. The van der Waals surface area contributed by atoms with Gasteiger partial charge in [0.2, 0.25) is 31.3 Å². The van der Waals surface area contributed by atoms with Crippen molar-refractivity contribution in [3.63, 3.8) is 0 Å². The van der Waals surface area contributed by atoms with Crippen LogP contribution in [0.3, 0.4) is 0 Å². The van der Waals surface area contributed by atoms with Crippen LogP contribution in [0.5, 0.6) is 23.0 Å². The number of rotatable bonds is 20. The fourth-order valence-electron chi connectivity index (χ4n) is 12.1. The maximum atomic E-state index is 12.4. The van der Waals surface area contributed by atoms with E-state index in [4.69, 9.17) is 47.7 Å². The predicted molar refractivity (Wildman–Crippen MR) is 405 cm³/mol. The van der Waals surface area contributed by atoms with Crippen molar-refractivity contribution in [2.24, 2.45) is 0 Å². The number of aryl methyl sites for hydroxylation is 2. The van der Waals surface area contributed by atoms with Crippen LogP contribution in [0.1, 0.15) is 57.6 Å². The molecule has 29 heteroatoms. The Balaban J connectivity index is 0.000000218. The number of piperidine rings is 2. The second kappa shape index (κ2) is 36.7. The number of piperazine rings is 2. The van der Waals surface area contributed by atoms with Gasteiger partial charge in [-0.05, 0) is 151 Å². The third-order valence-corrected chi connectivity index (χ3v) is 21.5. The molecule has 98 heavy (non-hydrogen) atoms. The fraction of sp³-hybridized carbons (Fsp3) is 0.478. The molecular weight excluding hydrogens is 1440 g/mol. The number of para-hydroxylation sites is 2. The van der Waals surface area contributed by atoms with E-state index in [1.165, 1.54) is 100 Å². The lowest BCUT2D eigenvalue weighted by Crippen LogP contribution is -2.52. The summed E-state index contributed by atoms with van der Waals surface area (Å²) in [4.78, 5) is 32.4. The number of hydrogen-bond acceptors (Lipinski definition) is 22. The zero-order chi connectivity index (χ0) is 71.4. The Labute approximate surface area is 602 Å². The lowest BCUT2D eigenvalue weighted by molar-refractivity contribution is 0.0982. The Hall–Kier alpha value is -7.25. The number of nitrogens with zero attached hydrogens (tertiary/aromatic N) is 12. The number of halogens is 3. The van der Waals surface area contributed by atoms with E-state index in [1.54, 1.807) is 63.7 Å². The quantitative estimate of drug-likeness (QED) is 0.0240. The minimum atomic E-state index is -3.56. The zero-order valence-corrected chi connectivity index (χ0v) is 64.0. The lowest BCUT2D eigenvalue weighted by Gasteiger charge is -2.43. The number of ether oxygens (including phenoxy) is 4. The van der Waals surface area contributed by atoms with E-state index in [-0.39, 0.29) is 5.28 Å². The molecule has 532 valence electrons. The van der Waals surface area contributed by atoms with Crippen molar-refractivity contribution in [2.75, 3.05) is 188 Å². The van der Waals surface area contributed by atoms with Gasteiger partial charge in [0.15, 0.2) is 0 Å². The monoisotopic (exact) mass is 1530 g/mol. The average molecular weight is 1540 g/mol. The van der Waals surface area contributed by atoms with Crippen LogP contribution in [-0.4, -0.2) is 216 Å². The number of benzene rings is 4. The van der Waals surface area contributed by atoms with Crippen LogP contribution in [0, 0.1) is 24.2 Å². The number of nitrogens with one attached hydrogen (secondary N) is 3. The molecule has 24 nitrogen and oxygen atoms in total. The molecule has 10 rings (SSSR count). The molecule has 6 aromatic rings. The number of hydrogen-bond donors (Lipinski definition) is 4. The van der Waals surface area contributed by atoms with Crippen LogP contribution in [0.15, 0.2) is 82.0 Å². The van der Waals surface area contributed by atoms with Crippen molar-refractivity contribution in [1.82, 2.24) is 39.5 Å². The van der Waals surface area contributed by atoms with Gasteiger partial charge in [0.1, 0.15) is 46.0 Å². The lowest BCUT2D eigenvalue weighted by atomic mass is 9.99. The van der Waals surface area contributed by atoms with Crippen LogP contribution in [-0.2, 0) is 32.9 Å². The van der Waals surface area contributed by atoms with Gasteiger partial charge in [-0.3, -0.25) is 30.3 Å². The van der Waals surface area contributed by atoms with E-state index in [0.29, 0.717) is 72.6 Å². The van der Waals surface area contributed by atoms with Gasteiger partial charge in [0, 0.05) is 141 Å². The minimum absolute atomic E-state index is 0.0663. The molecule has 4 fully saturated rings. The smallest absolute Gasteiger partial charge is 0.232 e. The molecule has 4 aromatic carbocycles. The summed E-state index contributed by atoms with van der Waals surface area (Å²) >= 11 is 12.7. The highest BCUT2D eigenvalue weighted by Gasteiger charge is 2.31. The van der Waals surface area contributed by atoms with Gasteiger partial charge in [0.05, 0.1) is 72.6 Å². The van der Waals surface area contributed by atoms with Crippen molar-refractivity contribution in [1.29, 1.82) is 0 Å². The molecule has 0 atom stereocenters. The number of aromatic nitrogens is 4. The van der Waals surface area contributed by atoms with Gasteiger partial charge in [-0.15, -0.1) is 0 Å². The van der Waals surface area contributed by atoms with Crippen LogP contribution in [0.25, 0.3) is 0 Å². The highest BCUT2D eigenvalue weighted by molar-refractivity contribution is 9.11. The van der Waals surface area contributed by atoms with Gasteiger partial charge in [-0.1, -0.05) is 26.0 Å². The highest BCUT2D eigenvalue weighted by atomic mass is 79.9. The Morgan fingerprint density at radius 3 is 1.42 bits per heavy atom. The van der Waals surface area contributed by atoms with Crippen LogP contribution >= 0.6 is 43.5 Å². The van der Waals surface area contributed by atoms with E-state index >= 15 is 0 Å². The van der Waals surface area contributed by atoms with E-state index in [0.717, 1.165) is 118 Å². The standard InChI is InChI=1S/C32H45BrN8O4S.C19H32N4O.C13H14BrClN4O3S.C5H3/c1-7-22-19-26(29(45-5)20-27(22)41-13-11-23(12-14-41)40-17-15-38(2)16-18-40)36-32-34-21-24(33)31(37-32)35-25-9-8-10-28(44-4)30(25)39(3)46(6,42)43;1-4-15-13-17(20)19(24-3)14-18(15)23-7-5-16(6-8-23)22-11-9-21(2)10-12-22;1-19(23(3,20)21)11-9(5-4-6-10(11)22-2)17-12-8(14)7-16-13(15)18-12;1-3-5-4-2/h8-10,19-21,23H,7,11-18H2,1-6H3,(H2,34,35,36,37);13-14,16H,4-12,20H2,1-3H3;4-7H,1-3H3,(H,16,17,18);1H3/q;;;-1. The second-order valence-electron chi connectivity index (χ2n) is 24.0. The topological polar surface area (TPSA) is 245 Å². The molecule has 0 radical (unpaired) electrons. The first-order valence-corrected chi connectivity index (χ1v) is 38.0. The summed E-state index contributed by atoms with van der Waals surface area (Å²) in [6.07, 6.45) is 18.3. The van der Waals surface area contributed by atoms with Crippen molar-refractivity contribution in [2.45, 2.75) is 71.4 Å². The molecule has 2 aromatic heterocycles. The number of anilines is 11. The third-order valence-electron chi connectivity index (χ3n) is 17.8. The molecule has 0 bridgehead atoms. The Bertz CT molecular complexity index is 3980. The van der Waals surface area contributed by atoms with E-state index in [1.807, 2.05) is 5.92 Å². The zero-order valence-electron chi connectivity index (χ0n) is 58.5. The first-order valence-electron chi connectivity index (χ1n) is 32.4. The van der Waals surface area contributed by atoms with Gasteiger partial charge in [-0.25, -0.2) is 32.7 Å². The van der Waals surface area contributed by atoms with E-state index < -0.39 is 20.0 Å². The Kier molecular flexibility index (Phi) is 29.3. The van der Waals surface area contributed by atoms with Crippen molar-refractivity contribution in [3.8, 4) is 40.8 Å². The van der Waals surface area contributed by atoms with Gasteiger partial charge < -0.3 is 66.7 Å². The summed E-state index contributed by atoms with van der Waals surface area (Å²) in [5.41, 5.74) is 14.4. The highest BCUT2D eigenvalue weighted by Crippen LogP contribution is 2.43. The van der Waals surface area contributed by atoms with Crippen LogP contribution < -0.4 is 59.0 Å². The van der Waals surface area contributed by atoms with Crippen molar-refractivity contribution in [3.05, 3.63) is 105 Å². The molecular formula is C69H94Br2ClN16O8S2-. The predicted octanol–water partition coefficient (Wildman–Crippen LogP) is 10.6.